The average molecular weight is 186 g/mol. The van der Waals surface area contributed by atoms with Gasteiger partial charge >= 0.3 is 0 Å². The molecule has 0 fully saturated rings. The first-order chi connectivity index (χ1) is 6.65. The summed E-state index contributed by atoms with van der Waals surface area (Å²) in [5, 5.41) is 9.03. The Labute approximate surface area is 84.6 Å². The van der Waals surface area contributed by atoms with Gasteiger partial charge in [-0.2, -0.15) is 5.26 Å². The van der Waals surface area contributed by atoms with Crippen molar-refractivity contribution in [3.63, 3.8) is 0 Å². The summed E-state index contributed by atoms with van der Waals surface area (Å²) in [4.78, 5) is 4.51. The zero-order valence-corrected chi connectivity index (χ0v) is 8.89. The monoisotopic (exact) mass is 186 g/mol. The predicted molar refractivity (Wildman–Crippen MR) is 55.2 cm³/mol. The third-order valence-electron chi connectivity index (χ3n) is 3.17. The van der Waals surface area contributed by atoms with Crippen molar-refractivity contribution in [3.05, 3.63) is 28.1 Å². The van der Waals surface area contributed by atoms with Gasteiger partial charge in [0.2, 0.25) is 0 Å². The zero-order chi connectivity index (χ0) is 10.3. The van der Waals surface area contributed by atoms with Crippen molar-refractivity contribution in [1.82, 2.24) is 4.98 Å². The highest BCUT2D eigenvalue weighted by atomic mass is 14.7. The third kappa shape index (κ3) is 1.13. The molecule has 2 rings (SSSR count). The first-order valence-corrected chi connectivity index (χ1v) is 5.05. The topological polar surface area (TPSA) is 36.7 Å². The fraction of sp³-hybridized carbons (Fsp3) is 0.500. The molecule has 1 aliphatic carbocycles. The van der Waals surface area contributed by atoms with Gasteiger partial charge < -0.3 is 0 Å². The van der Waals surface area contributed by atoms with Crippen LogP contribution < -0.4 is 0 Å². The van der Waals surface area contributed by atoms with E-state index < -0.39 is 0 Å². The molecule has 0 spiro atoms. The Morgan fingerprint density at radius 2 is 2.14 bits per heavy atom. The van der Waals surface area contributed by atoms with Crippen molar-refractivity contribution in [1.29, 1.82) is 5.26 Å². The van der Waals surface area contributed by atoms with E-state index in [2.05, 4.69) is 18.0 Å². The van der Waals surface area contributed by atoms with E-state index in [4.69, 9.17) is 5.26 Å². The van der Waals surface area contributed by atoms with Crippen LogP contribution in [-0.2, 0) is 6.42 Å². The molecule has 0 radical (unpaired) electrons. The van der Waals surface area contributed by atoms with Gasteiger partial charge in [0.05, 0.1) is 11.3 Å². The highest BCUT2D eigenvalue weighted by Gasteiger charge is 2.24. The average Bonchev–Trinajstić information content (AvgIpc) is 2.48. The van der Waals surface area contributed by atoms with Gasteiger partial charge in [-0.3, -0.25) is 4.98 Å². The van der Waals surface area contributed by atoms with Crippen molar-refractivity contribution >= 4 is 0 Å². The van der Waals surface area contributed by atoms with Gasteiger partial charge in [-0.25, -0.2) is 0 Å². The van der Waals surface area contributed by atoms with E-state index in [0.717, 1.165) is 23.2 Å². The Morgan fingerprint density at radius 1 is 1.43 bits per heavy atom. The molecule has 1 heterocycles. The molecule has 0 bridgehead atoms. The van der Waals surface area contributed by atoms with Crippen molar-refractivity contribution in [3.8, 4) is 6.07 Å². The van der Waals surface area contributed by atoms with Crippen molar-refractivity contribution in [2.24, 2.45) is 0 Å². The van der Waals surface area contributed by atoms with Gasteiger partial charge in [-0.15, -0.1) is 0 Å². The summed E-state index contributed by atoms with van der Waals surface area (Å²) in [7, 11) is 0. The number of aryl methyl sites for hydroxylation is 2. The maximum atomic E-state index is 9.03. The lowest BCUT2D eigenvalue weighted by molar-refractivity contribution is 0.743. The van der Waals surface area contributed by atoms with Crippen LogP contribution in [0.3, 0.4) is 0 Å². The minimum Gasteiger partial charge on any atom is -0.256 e. The van der Waals surface area contributed by atoms with Gasteiger partial charge in [-0.05, 0) is 43.7 Å². The molecule has 2 nitrogen and oxygen atoms in total. The molecule has 1 atom stereocenters. The molecular formula is C12H14N2. The second-order valence-electron chi connectivity index (χ2n) is 4.11. The summed E-state index contributed by atoms with van der Waals surface area (Å²) in [6.07, 6.45) is 2.25. The Balaban J connectivity index is 2.72. The quantitative estimate of drug-likeness (QED) is 0.624. The molecule has 0 aliphatic heterocycles. The Kier molecular flexibility index (Phi) is 2.03. The number of pyridine rings is 1. The molecule has 14 heavy (non-hydrogen) atoms. The number of hydrogen-bond acceptors (Lipinski definition) is 2. The van der Waals surface area contributed by atoms with E-state index in [9.17, 15) is 0 Å². The molecule has 2 heteroatoms. The molecule has 0 amide bonds. The highest BCUT2D eigenvalue weighted by Crippen LogP contribution is 2.35. The Morgan fingerprint density at radius 3 is 2.79 bits per heavy atom. The maximum Gasteiger partial charge on any atom is 0.101 e. The Bertz CT molecular complexity index is 427. The molecule has 1 aliphatic rings. The molecule has 1 unspecified atom stereocenters. The van der Waals surface area contributed by atoms with Crippen LogP contribution in [0.1, 0.15) is 47.3 Å². The van der Waals surface area contributed by atoms with Crippen molar-refractivity contribution < 1.29 is 0 Å². The second-order valence-corrected chi connectivity index (χ2v) is 4.11. The summed E-state index contributed by atoms with van der Waals surface area (Å²) in [6.45, 7) is 6.19. The van der Waals surface area contributed by atoms with Crippen molar-refractivity contribution in [2.75, 3.05) is 0 Å². The first kappa shape index (κ1) is 9.21. The summed E-state index contributed by atoms with van der Waals surface area (Å²) < 4.78 is 0. The smallest absolute Gasteiger partial charge is 0.101 e. The molecule has 1 aromatic rings. The van der Waals surface area contributed by atoms with Gasteiger partial charge in [0.1, 0.15) is 6.07 Å². The van der Waals surface area contributed by atoms with Gasteiger partial charge in [0, 0.05) is 5.69 Å². The minimum absolute atomic E-state index is 0.574. The number of aromatic nitrogens is 1. The van der Waals surface area contributed by atoms with Crippen LogP contribution in [-0.4, -0.2) is 4.98 Å². The van der Waals surface area contributed by atoms with Crippen LogP contribution in [0.5, 0.6) is 0 Å². The van der Waals surface area contributed by atoms with E-state index in [1.165, 1.54) is 17.7 Å². The SMILES string of the molecule is Cc1nc2c(c(C)c1C#N)C(C)CC2. The van der Waals surface area contributed by atoms with Crippen LogP contribution in [0.4, 0.5) is 0 Å². The molecule has 0 saturated carbocycles. The Hall–Kier alpha value is -1.36. The van der Waals surface area contributed by atoms with Crippen LogP contribution in [0.15, 0.2) is 0 Å². The summed E-state index contributed by atoms with van der Waals surface area (Å²) in [5.74, 6) is 0.574. The highest BCUT2D eigenvalue weighted by molar-refractivity contribution is 5.49. The van der Waals surface area contributed by atoms with Crippen LogP contribution in [0.2, 0.25) is 0 Å². The largest absolute Gasteiger partial charge is 0.256 e. The number of nitriles is 1. The molecule has 1 aromatic heterocycles. The van der Waals surface area contributed by atoms with E-state index in [0.29, 0.717) is 5.92 Å². The minimum atomic E-state index is 0.574. The molecule has 0 saturated heterocycles. The lowest BCUT2D eigenvalue weighted by Crippen LogP contribution is -2.01. The standard InChI is InChI=1S/C12H14N2/c1-7-4-5-11-12(7)8(2)10(6-13)9(3)14-11/h7H,4-5H2,1-3H3. The zero-order valence-electron chi connectivity index (χ0n) is 8.89. The number of hydrogen-bond donors (Lipinski definition) is 0. The molecule has 72 valence electrons. The fourth-order valence-corrected chi connectivity index (χ4v) is 2.45. The number of nitrogens with zero attached hydrogens (tertiary/aromatic N) is 2. The van der Waals surface area contributed by atoms with Gasteiger partial charge in [-0.1, -0.05) is 6.92 Å². The summed E-state index contributed by atoms with van der Waals surface area (Å²) in [6, 6.07) is 2.25. The van der Waals surface area contributed by atoms with E-state index in [1.54, 1.807) is 0 Å². The van der Waals surface area contributed by atoms with Crippen LogP contribution in [0.25, 0.3) is 0 Å². The summed E-state index contributed by atoms with van der Waals surface area (Å²) in [5.41, 5.74) is 5.36. The second kappa shape index (κ2) is 3.09. The lowest BCUT2D eigenvalue weighted by Gasteiger charge is -2.11. The molecular weight excluding hydrogens is 172 g/mol. The number of fused-ring (bicyclic) bond motifs is 1. The summed E-state index contributed by atoms with van der Waals surface area (Å²) >= 11 is 0. The fourth-order valence-electron chi connectivity index (χ4n) is 2.45. The maximum absolute atomic E-state index is 9.03. The van der Waals surface area contributed by atoms with Crippen molar-refractivity contribution in [2.45, 2.75) is 39.5 Å². The van der Waals surface area contributed by atoms with Gasteiger partial charge in [0.25, 0.3) is 0 Å². The van der Waals surface area contributed by atoms with E-state index >= 15 is 0 Å². The molecule has 0 aromatic carbocycles. The van der Waals surface area contributed by atoms with E-state index in [-0.39, 0.29) is 0 Å². The van der Waals surface area contributed by atoms with Crippen LogP contribution in [0, 0.1) is 25.2 Å². The molecule has 0 N–H and O–H groups in total. The number of rotatable bonds is 0. The van der Waals surface area contributed by atoms with Gasteiger partial charge in [0.15, 0.2) is 0 Å². The first-order valence-electron chi connectivity index (χ1n) is 5.05. The normalized spacial score (nSPS) is 19.1. The van der Waals surface area contributed by atoms with E-state index in [1.807, 2.05) is 13.8 Å². The van der Waals surface area contributed by atoms with Crippen LogP contribution >= 0.6 is 0 Å². The lowest BCUT2D eigenvalue weighted by atomic mass is 9.96. The third-order valence-corrected chi connectivity index (χ3v) is 3.17. The predicted octanol–water partition coefficient (Wildman–Crippen LogP) is 2.62.